The minimum atomic E-state index is -4.53. The molecule has 0 saturated heterocycles. The molecule has 3 N–H and O–H groups in total. The SMILES string of the molecule is CC(=O)CCC(C)CNCc1ccc(C(F)(F)F)c(/C=C/c2cccc(B(O)O)c2Cl)c1. The van der Waals surface area contributed by atoms with Crippen molar-refractivity contribution in [1.82, 2.24) is 5.32 Å². The molecular weight excluding hydrogens is 442 g/mol. The van der Waals surface area contributed by atoms with Crippen molar-refractivity contribution in [2.45, 2.75) is 39.4 Å². The average Bonchev–Trinajstić information content (AvgIpc) is 2.70. The topological polar surface area (TPSA) is 69.6 Å². The van der Waals surface area contributed by atoms with E-state index in [1.54, 1.807) is 19.1 Å². The maximum atomic E-state index is 13.5. The highest BCUT2D eigenvalue weighted by Crippen LogP contribution is 2.33. The summed E-state index contributed by atoms with van der Waals surface area (Å²) >= 11 is 6.15. The van der Waals surface area contributed by atoms with Gasteiger partial charge in [0.25, 0.3) is 0 Å². The number of benzene rings is 2. The zero-order chi connectivity index (χ0) is 23.9. The molecule has 2 rings (SSSR count). The predicted octanol–water partition coefficient (Wildman–Crippen LogP) is 4.30. The maximum Gasteiger partial charge on any atom is 0.489 e. The van der Waals surface area contributed by atoms with Crippen LogP contribution in [0, 0.1) is 5.92 Å². The van der Waals surface area contributed by atoms with E-state index in [0.29, 0.717) is 30.6 Å². The third-order valence-electron chi connectivity index (χ3n) is 5.01. The lowest BCUT2D eigenvalue weighted by Gasteiger charge is -2.14. The quantitative estimate of drug-likeness (QED) is 0.360. The van der Waals surface area contributed by atoms with E-state index in [2.05, 4.69) is 5.32 Å². The number of ketones is 1. The van der Waals surface area contributed by atoms with Gasteiger partial charge >= 0.3 is 13.3 Å². The Morgan fingerprint density at radius 2 is 1.88 bits per heavy atom. The van der Waals surface area contributed by atoms with Gasteiger partial charge in [0.1, 0.15) is 5.78 Å². The molecule has 0 saturated carbocycles. The van der Waals surface area contributed by atoms with Crippen LogP contribution < -0.4 is 10.8 Å². The van der Waals surface area contributed by atoms with Crippen LogP contribution in [0.15, 0.2) is 36.4 Å². The second-order valence-corrected chi connectivity index (χ2v) is 8.23. The van der Waals surface area contributed by atoms with Gasteiger partial charge in [-0.15, -0.1) is 0 Å². The van der Waals surface area contributed by atoms with Crippen molar-refractivity contribution in [2.24, 2.45) is 5.92 Å². The van der Waals surface area contributed by atoms with E-state index in [1.165, 1.54) is 30.4 Å². The third kappa shape index (κ3) is 7.78. The highest BCUT2D eigenvalue weighted by atomic mass is 35.5. The van der Waals surface area contributed by atoms with E-state index in [0.717, 1.165) is 12.5 Å². The fourth-order valence-electron chi connectivity index (χ4n) is 3.21. The van der Waals surface area contributed by atoms with Crippen LogP contribution in [0.4, 0.5) is 13.2 Å². The van der Waals surface area contributed by atoms with Crippen LogP contribution >= 0.6 is 11.6 Å². The van der Waals surface area contributed by atoms with Crippen molar-refractivity contribution < 1.29 is 28.0 Å². The zero-order valence-corrected chi connectivity index (χ0v) is 18.7. The van der Waals surface area contributed by atoms with Gasteiger partial charge in [-0.3, -0.25) is 0 Å². The van der Waals surface area contributed by atoms with Crippen molar-refractivity contribution in [2.75, 3.05) is 6.54 Å². The zero-order valence-electron chi connectivity index (χ0n) is 17.9. The maximum absolute atomic E-state index is 13.5. The lowest BCUT2D eigenvalue weighted by Crippen LogP contribution is -2.31. The molecule has 0 bridgehead atoms. The van der Waals surface area contributed by atoms with Crippen molar-refractivity contribution in [3.8, 4) is 0 Å². The standard InChI is InChI=1S/C23H26BClF3NO3/c1-15(6-7-16(2)30)13-29-14-17-8-11-20(23(26,27)28)19(12-17)10-9-18-4-3-5-21(22(18)25)24(31)32/h3-5,8-12,15,29,31-32H,6-7,13-14H2,1-2H3/b10-9+. The minimum absolute atomic E-state index is 0.0209. The number of halogens is 4. The monoisotopic (exact) mass is 467 g/mol. The van der Waals surface area contributed by atoms with Crippen molar-refractivity contribution in [1.29, 1.82) is 0 Å². The van der Waals surface area contributed by atoms with Gasteiger partial charge in [-0.2, -0.15) is 13.2 Å². The van der Waals surface area contributed by atoms with Crippen LogP contribution in [0.5, 0.6) is 0 Å². The molecule has 172 valence electrons. The Hall–Kier alpha value is -2.13. The van der Waals surface area contributed by atoms with Gasteiger partial charge < -0.3 is 20.2 Å². The molecule has 0 heterocycles. The van der Waals surface area contributed by atoms with E-state index in [9.17, 15) is 28.0 Å². The second-order valence-electron chi connectivity index (χ2n) is 7.85. The number of alkyl halides is 3. The van der Waals surface area contributed by atoms with Gasteiger partial charge in [0.05, 0.1) is 5.56 Å². The van der Waals surface area contributed by atoms with Gasteiger partial charge in [-0.25, -0.2) is 0 Å². The summed E-state index contributed by atoms with van der Waals surface area (Å²) in [6.07, 6.45) is -0.531. The van der Waals surface area contributed by atoms with E-state index in [-0.39, 0.29) is 27.8 Å². The molecule has 0 aliphatic carbocycles. The van der Waals surface area contributed by atoms with Crippen LogP contribution in [0.2, 0.25) is 5.02 Å². The van der Waals surface area contributed by atoms with Crippen molar-refractivity contribution >= 4 is 42.1 Å². The largest absolute Gasteiger partial charge is 0.489 e. The fraction of sp³-hybridized carbons (Fsp3) is 0.348. The first-order chi connectivity index (χ1) is 15.0. The molecule has 32 heavy (non-hydrogen) atoms. The summed E-state index contributed by atoms with van der Waals surface area (Å²) in [5.41, 5.74) is 0.325. The first-order valence-electron chi connectivity index (χ1n) is 10.2. The molecule has 2 aromatic carbocycles. The number of hydrogen-bond acceptors (Lipinski definition) is 4. The summed E-state index contributed by atoms with van der Waals surface area (Å²) in [6.45, 7) is 4.59. The highest BCUT2D eigenvalue weighted by Gasteiger charge is 2.32. The summed E-state index contributed by atoms with van der Waals surface area (Å²) in [5, 5.41) is 22.0. The molecular formula is C23H26BClF3NO3. The summed E-state index contributed by atoms with van der Waals surface area (Å²) < 4.78 is 40.5. The molecule has 0 radical (unpaired) electrons. The van der Waals surface area contributed by atoms with Crippen LogP contribution in [-0.4, -0.2) is 29.5 Å². The summed E-state index contributed by atoms with van der Waals surface area (Å²) in [5.74, 6) is 0.402. The lowest BCUT2D eigenvalue weighted by atomic mass is 9.79. The number of nitrogens with one attached hydrogen (secondary N) is 1. The summed E-state index contributed by atoms with van der Waals surface area (Å²) in [6, 6.07) is 8.49. The highest BCUT2D eigenvalue weighted by molar-refractivity contribution is 6.63. The number of carbonyl (C=O) groups is 1. The molecule has 0 amide bonds. The Morgan fingerprint density at radius 3 is 2.50 bits per heavy atom. The number of carbonyl (C=O) groups excluding carboxylic acids is 1. The van der Waals surface area contributed by atoms with Gasteiger partial charge in [0, 0.05) is 23.5 Å². The van der Waals surface area contributed by atoms with Crippen LogP contribution in [0.25, 0.3) is 12.2 Å². The van der Waals surface area contributed by atoms with E-state index in [4.69, 9.17) is 11.6 Å². The molecule has 2 aromatic rings. The van der Waals surface area contributed by atoms with Crippen LogP contribution in [0.3, 0.4) is 0 Å². The Balaban J connectivity index is 2.21. The molecule has 0 aliphatic heterocycles. The first kappa shape index (κ1) is 26.1. The Labute approximate surface area is 191 Å². The fourth-order valence-corrected chi connectivity index (χ4v) is 3.50. The van der Waals surface area contributed by atoms with Gasteiger partial charge in [0.2, 0.25) is 0 Å². The molecule has 1 unspecified atom stereocenters. The van der Waals surface area contributed by atoms with Crippen molar-refractivity contribution in [3.63, 3.8) is 0 Å². The number of rotatable bonds is 10. The van der Waals surface area contributed by atoms with Crippen molar-refractivity contribution in [3.05, 3.63) is 63.7 Å². The molecule has 0 fully saturated rings. The Bertz CT molecular complexity index is 964. The third-order valence-corrected chi connectivity index (χ3v) is 5.45. The predicted molar refractivity (Wildman–Crippen MR) is 122 cm³/mol. The Morgan fingerprint density at radius 1 is 1.19 bits per heavy atom. The molecule has 0 spiro atoms. The molecule has 0 aromatic heterocycles. The second kappa shape index (κ2) is 11.7. The average molecular weight is 468 g/mol. The summed E-state index contributed by atoms with van der Waals surface area (Å²) in [7, 11) is -1.78. The molecule has 4 nitrogen and oxygen atoms in total. The van der Waals surface area contributed by atoms with E-state index >= 15 is 0 Å². The lowest BCUT2D eigenvalue weighted by molar-refractivity contribution is -0.137. The van der Waals surface area contributed by atoms with Crippen LogP contribution in [-0.2, 0) is 17.5 Å². The molecule has 9 heteroatoms. The Kier molecular flexibility index (Phi) is 9.52. The normalized spacial score (nSPS) is 12.9. The van der Waals surface area contributed by atoms with Gasteiger partial charge in [-0.1, -0.05) is 54.9 Å². The van der Waals surface area contributed by atoms with Gasteiger partial charge in [-0.05, 0) is 54.6 Å². The minimum Gasteiger partial charge on any atom is -0.423 e. The summed E-state index contributed by atoms with van der Waals surface area (Å²) in [4.78, 5) is 11.1. The van der Waals surface area contributed by atoms with Crippen LogP contribution in [0.1, 0.15) is 48.9 Å². The smallest absolute Gasteiger partial charge is 0.423 e. The van der Waals surface area contributed by atoms with Gasteiger partial charge in [0.15, 0.2) is 0 Å². The molecule has 0 aliphatic rings. The van der Waals surface area contributed by atoms with E-state index in [1.807, 2.05) is 6.92 Å². The first-order valence-corrected chi connectivity index (χ1v) is 10.6. The van der Waals surface area contributed by atoms with E-state index < -0.39 is 18.9 Å². The number of Topliss-reactive ketones (excluding diaryl/α,β-unsaturated/α-hetero) is 1. The number of hydrogen-bond donors (Lipinski definition) is 3. The molecule has 1 atom stereocenters.